The predicted octanol–water partition coefficient (Wildman–Crippen LogP) is 1.14. The lowest BCUT2D eigenvalue weighted by atomic mass is 9.97. The molecule has 0 saturated carbocycles. The largest absolute Gasteiger partial charge is 0.324 e. The first-order valence-corrected chi connectivity index (χ1v) is 6.12. The fraction of sp³-hybridized carbons (Fsp3) is 1.00. The van der Waals surface area contributed by atoms with Gasteiger partial charge < -0.3 is 10.6 Å². The molecule has 0 aromatic heterocycles. The van der Waals surface area contributed by atoms with Gasteiger partial charge in [-0.05, 0) is 40.4 Å². The maximum absolute atomic E-state index is 6.27. The van der Waals surface area contributed by atoms with Crippen molar-refractivity contribution in [1.29, 1.82) is 0 Å². The maximum Gasteiger partial charge on any atom is 0.0254 e. The summed E-state index contributed by atoms with van der Waals surface area (Å²) in [6.45, 7) is 7.82. The third-order valence-corrected chi connectivity index (χ3v) is 3.38. The molecular formula is C12H27N3. The van der Waals surface area contributed by atoms with Crippen LogP contribution in [-0.4, -0.2) is 55.1 Å². The van der Waals surface area contributed by atoms with Crippen LogP contribution < -0.4 is 5.73 Å². The molecule has 1 rings (SSSR count). The Labute approximate surface area is 94.6 Å². The van der Waals surface area contributed by atoms with Gasteiger partial charge in [-0.3, -0.25) is 4.90 Å². The molecule has 2 atom stereocenters. The molecule has 1 aliphatic rings. The summed E-state index contributed by atoms with van der Waals surface area (Å²) in [6.07, 6.45) is 3.59. The average molecular weight is 213 g/mol. The second-order valence-electron chi connectivity index (χ2n) is 5.55. The highest BCUT2D eigenvalue weighted by molar-refractivity contribution is 4.88. The third kappa shape index (κ3) is 4.09. The fourth-order valence-corrected chi connectivity index (χ4v) is 2.54. The van der Waals surface area contributed by atoms with Gasteiger partial charge in [-0.15, -0.1) is 0 Å². The van der Waals surface area contributed by atoms with Gasteiger partial charge in [0.2, 0.25) is 0 Å². The van der Waals surface area contributed by atoms with Crippen LogP contribution in [0.2, 0.25) is 0 Å². The average Bonchev–Trinajstić information content (AvgIpc) is 2.51. The van der Waals surface area contributed by atoms with Crippen LogP contribution in [0.1, 0.15) is 33.1 Å². The molecule has 0 bridgehead atoms. The van der Waals surface area contributed by atoms with Crippen LogP contribution in [0.5, 0.6) is 0 Å². The topological polar surface area (TPSA) is 32.5 Å². The zero-order valence-electron chi connectivity index (χ0n) is 10.8. The highest BCUT2D eigenvalue weighted by atomic mass is 15.2. The Bertz CT molecular complexity index is 189. The first kappa shape index (κ1) is 12.9. The first-order chi connectivity index (χ1) is 6.94. The molecule has 2 N–H and O–H groups in total. The van der Waals surface area contributed by atoms with E-state index in [1.54, 1.807) is 0 Å². The van der Waals surface area contributed by atoms with E-state index in [9.17, 15) is 0 Å². The van der Waals surface area contributed by atoms with Gasteiger partial charge in [0.05, 0.1) is 0 Å². The SMILES string of the molecule is CCCC(C)(N)CN1CCC(N(C)C)C1. The van der Waals surface area contributed by atoms with Crippen molar-refractivity contribution >= 4 is 0 Å². The number of hydrogen-bond donors (Lipinski definition) is 1. The highest BCUT2D eigenvalue weighted by Crippen LogP contribution is 2.17. The van der Waals surface area contributed by atoms with E-state index in [4.69, 9.17) is 5.73 Å². The zero-order valence-corrected chi connectivity index (χ0v) is 10.8. The van der Waals surface area contributed by atoms with Gasteiger partial charge in [0, 0.05) is 24.7 Å². The molecule has 0 amide bonds. The van der Waals surface area contributed by atoms with Crippen molar-refractivity contribution in [3.05, 3.63) is 0 Å². The zero-order chi connectivity index (χ0) is 11.5. The van der Waals surface area contributed by atoms with Crippen LogP contribution in [0.4, 0.5) is 0 Å². The molecule has 15 heavy (non-hydrogen) atoms. The van der Waals surface area contributed by atoms with E-state index >= 15 is 0 Å². The summed E-state index contributed by atoms with van der Waals surface area (Å²) in [5.74, 6) is 0. The maximum atomic E-state index is 6.27. The lowest BCUT2D eigenvalue weighted by molar-refractivity contribution is 0.223. The lowest BCUT2D eigenvalue weighted by Gasteiger charge is -2.30. The summed E-state index contributed by atoms with van der Waals surface area (Å²) >= 11 is 0. The van der Waals surface area contributed by atoms with Crippen molar-refractivity contribution in [3.63, 3.8) is 0 Å². The summed E-state index contributed by atoms with van der Waals surface area (Å²) < 4.78 is 0. The molecule has 1 heterocycles. The first-order valence-electron chi connectivity index (χ1n) is 6.12. The van der Waals surface area contributed by atoms with Crippen molar-refractivity contribution in [1.82, 2.24) is 9.80 Å². The normalized spacial score (nSPS) is 27.2. The van der Waals surface area contributed by atoms with Crippen LogP contribution in [-0.2, 0) is 0 Å². The van der Waals surface area contributed by atoms with Gasteiger partial charge in [-0.1, -0.05) is 13.3 Å². The Morgan fingerprint density at radius 3 is 2.60 bits per heavy atom. The summed E-state index contributed by atoms with van der Waals surface area (Å²) in [5, 5.41) is 0. The van der Waals surface area contributed by atoms with E-state index in [-0.39, 0.29) is 5.54 Å². The summed E-state index contributed by atoms with van der Waals surface area (Å²) in [7, 11) is 4.34. The monoisotopic (exact) mass is 213 g/mol. The molecule has 1 fully saturated rings. The minimum atomic E-state index is -0.00402. The fourth-order valence-electron chi connectivity index (χ4n) is 2.54. The Hall–Kier alpha value is -0.120. The number of rotatable bonds is 5. The van der Waals surface area contributed by atoms with Crippen molar-refractivity contribution < 1.29 is 0 Å². The van der Waals surface area contributed by atoms with E-state index in [0.717, 1.165) is 19.0 Å². The number of nitrogens with zero attached hydrogens (tertiary/aromatic N) is 2. The van der Waals surface area contributed by atoms with Crippen molar-refractivity contribution in [2.75, 3.05) is 33.7 Å². The van der Waals surface area contributed by atoms with Crippen molar-refractivity contribution in [3.8, 4) is 0 Å². The van der Waals surface area contributed by atoms with Gasteiger partial charge in [0.25, 0.3) is 0 Å². The molecular weight excluding hydrogens is 186 g/mol. The highest BCUT2D eigenvalue weighted by Gasteiger charge is 2.28. The molecule has 0 radical (unpaired) electrons. The van der Waals surface area contributed by atoms with E-state index in [1.807, 2.05) is 0 Å². The molecule has 3 heteroatoms. The lowest BCUT2D eigenvalue weighted by Crippen LogP contribution is -2.47. The van der Waals surface area contributed by atoms with E-state index in [0.29, 0.717) is 0 Å². The van der Waals surface area contributed by atoms with Crippen LogP contribution >= 0.6 is 0 Å². The molecule has 0 aromatic rings. The molecule has 1 aliphatic heterocycles. The Morgan fingerprint density at radius 1 is 1.47 bits per heavy atom. The van der Waals surface area contributed by atoms with Crippen molar-refractivity contribution in [2.45, 2.75) is 44.7 Å². The van der Waals surface area contributed by atoms with Gasteiger partial charge >= 0.3 is 0 Å². The molecule has 0 aromatic carbocycles. The standard InChI is InChI=1S/C12H27N3/c1-5-7-12(2,13)10-15-8-6-11(9-15)14(3)4/h11H,5-10,13H2,1-4H3. The smallest absolute Gasteiger partial charge is 0.0254 e. The molecule has 0 aliphatic carbocycles. The minimum absolute atomic E-state index is 0.00402. The van der Waals surface area contributed by atoms with Crippen LogP contribution in [0.3, 0.4) is 0 Å². The van der Waals surface area contributed by atoms with Gasteiger partial charge in [-0.25, -0.2) is 0 Å². The van der Waals surface area contributed by atoms with Crippen LogP contribution in [0.25, 0.3) is 0 Å². The summed E-state index contributed by atoms with van der Waals surface area (Å²) in [6, 6.07) is 0.724. The van der Waals surface area contributed by atoms with E-state index in [2.05, 4.69) is 37.7 Å². The van der Waals surface area contributed by atoms with Gasteiger partial charge in [0.1, 0.15) is 0 Å². The predicted molar refractivity (Wildman–Crippen MR) is 66.0 cm³/mol. The number of likely N-dealkylation sites (tertiary alicyclic amines) is 1. The number of hydrogen-bond acceptors (Lipinski definition) is 3. The minimum Gasteiger partial charge on any atom is -0.324 e. The molecule has 0 spiro atoms. The van der Waals surface area contributed by atoms with Crippen molar-refractivity contribution in [2.24, 2.45) is 5.73 Å². The van der Waals surface area contributed by atoms with E-state index < -0.39 is 0 Å². The molecule has 1 saturated heterocycles. The van der Waals surface area contributed by atoms with Gasteiger partial charge in [-0.2, -0.15) is 0 Å². The molecule has 2 unspecified atom stereocenters. The van der Waals surface area contributed by atoms with Crippen LogP contribution in [0, 0.1) is 0 Å². The quantitative estimate of drug-likeness (QED) is 0.743. The number of likely N-dealkylation sites (N-methyl/N-ethyl adjacent to an activating group) is 1. The Balaban J connectivity index is 2.35. The second-order valence-corrected chi connectivity index (χ2v) is 5.55. The van der Waals surface area contributed by atoms with Crippen LogP contribution in [0.15, 0.2) is 0 Å². The summed E-state index contributed by atoms with van der Waals surface area (Å²) in [4.78, 5) is 4.84. The Kier molecular flexibility index (Phi) is 4.56. The van der Waals surface area contributed by atoms with E-state index in [1.165, 1.54) is 25.9 Å². The third-order valence-electron chi connectivity index (χ3n) is 3.38. The Morgan fingerprint density at radius 2 is 2.13 bits per heavy atom. The summed E-state index contributed by atoms with van der Waals surface area (Å²) in [5.41, 5.74) is 6.27. The van der Waals surface area contributed by atoms with Gasteiger partial charge in [0.15, 0.2) is 0 Å². The molecule has 3 nitrogen and oxygen atoms in total. The second kappa shape index (κ2) is 5.28. The molecule has 90 valence electrons. The number of nitrogens with two attached hydrogens (primary N) is 1.